The number of aliphatic hydroxyl groups excluding tert-OH is 1. The van der Waals surface area contributed by atoms with E-state index in [2.05, 4.69) is 70.8 Å². The second-order valence-electron chi connectivity index (χ2n) is 21.0. The molecular weight excluding hydrogens is 724 g/mol. The topological polar surface area (TPSA) is 116 Å². The maximum Gasteiger partial charge on any atom is 0.309 e. The van der Waals surface area contributed by atoms with Gasteiger partial charge in [-0.25, -0.2) is 0 Å². The monoisotopic (exact) mass is 795 g/mol. The minimum atomic E-state index is -1.17. The van der Waals surface area contributed by atoms with E-state index in [-0.39, 0.29) is 51.8 Å². The van der Waals surface area contributed by atoms with Gasteiger partial charge in [0.05, 0.1) is 17.9 Å². The van der Waals surface area contributed by atoms with Crippen molar-refractivity contribution in [2.75, 3.05) is 26.7 Å². The van der Waals surface area contributed by atoms with Crippen molar-refractivity contribution in [1.82, 2.24) is 10.2 Å². The molecule has 56 heavy (non-hydrogen) atoms. The molecule has 0 aliphatic heterocycles. The Bertz CT molecular complexity index is 1700. The first-order valence-electron chi connectivity index (χ1n) is 21.6. The number of hydrogen-bond donors (Lipinski definition) is 3. The number of fused-ring (bicyclic) bond motifs is 7. The number of esters is 1. The van der Waals surface area contributed by atoms with Crippen molar-refractivity contribution >= 4 is 29.3 Å². The van der Waals surface area contributed by atoms with Gasteiger partial charge in [-0.05, 0) is 135 Å². The van der Waals surface area contributed by atoms with E-state index in [1.807, 2.05) is 19.2 Å². The predicted molar refractivity (Wildman–Crippen MR) is 222 cm³/mol. The van der Waals surface area contributed by atoms with E-state index >= 15 is 0 Å². The Morgan fingerprint density at radius 3 is 2.27 bits per heavy atom. The second-order valence-corrected chi connectivity index (χ2v) is 21.5. The van der Waals surface area contributed by atoms with E-state index < -0.39 is 28.9 Å². The van der Waals surface area contributed by atoms with E-state index in [1.54, 1.807) is 13.8 Å². The Labute approximate surface area is 341 Å². The summed E-state index contributed by atoms with van der Waals surface area (Å²) >= 11 is 6.22. The van der Waals surface area contributed by atoms with Crippen LogP contribution in [-0.2, 0) is 25.7 Å². The number of rotatable bonds is 13. The molecule has 9 atom stereocenters. The van der Waals surface area contributed by atoms with Crippen LogP contribution < -0.4 is 5.32 Å². The molecule has 0 amide bonds. The number of carbonyl (C=O) groups is 3. The molecule has 5 aliphatic rings. The second kappa shape index (κ2) is 15.4. The highest BCUT2D eigenvalue weighted by Gasteiger charge is 2.71. The predicted octanol–water partition coefficient (Wildman–Crippen LogP) is 9.12. The van der Waals surface area contributed by atoms with Gasteiger partial charge in [0.15, 0.2) is 5.78 Å². The number of carboxylic acids is 1. The first kappa shape index (κ1) is 43.3. The number of likely N-dealkylation sites (N-methyl/N-ethyl adjacent to an activating group) is 1. The summed E-state index contributed by atoms with van der Waals surface area (Å²) in [7, 11) is 1.96. The molecule has 0 saturated heterocycles. The Morgan fingerprint density at radius 2 is 1.64 bits per heavy atom. The van der Waals surface area contributed by atoms with Crippen LogP contribution in [-0.4, -0.2) is 71.7 Å². The molecule has 6 rings (SSSR count). The molecule has 5 aliphatic carbocycles. The average Bonchev–Trinajstić information content (AvgIpc) is 3.42. The quantitative estimate of drug-likeness (QED) is 0.170. The molecule has 3 N–H and O–H groups in total. The van der Waals surface area contributed by atoms with Crippen LogP contribution >= 0.6 is 11.6 Å². The van der Waals surface area contributed by atoms with Gasteiger partial charge >= 0.3 is 11.9 Å². The number of Topliss-reactive ketones (excluding diaryl/α,β-unsaturated/α-hetero) is 1. The number of aliphatic carboxylic acids is 1. The highest BCUT2D eigenvalue weighted by molar-refractivity contribution is 6.30. The van der Waals surface area contributed by atoms with Crippen molar-refractivity contribution in [3.05, 3.63) is 46.0 Å². The average molecular weight is 796 g/mol. The Hall–Kier alpha value is -2.26. The molecular formula is C47H71ClN2O6. The normalized spacial score (nSPS) is 35.8. The molecule has 8 nitrogen and oxygen atoms in total. The lowest BCUT2D eigenvalue weighted by Crippen LogP contribution is -2.66. The smallest absolute Gasteiger partial charge is 0.309 e. The maximum absolute atomic E-state index is 14.3. The Morgan fingerprint density at radius 1 is 0.964 bits per heavy atom. The molecule has 4 fully saturated rings. The van der Waals surface area contributed by atoms with Crippen molar-refractivity contribution in [2.45, 2.75) is 145 Å². The number of ether oxygens (including phenoxy) is 1. The number of nitrogens with zero attached hydrogens (tertiary/aromatic N) is 1. The van der Waals surface area contributed by atoms with Crippen LogP contribution in [0.25, 0.3) is 0 Å². The summed E-state index contributed by atoms with van der Waals surface area (Å²) < 4.78 is 6.19. The molecule has 0 aromatic heterocycles. The van der Waals surface area contributed by atoms with Gasteiger partial charge in [0.1, 0.15) is 6.10 Å². The summed E-state index contributed by atoms with van der Waals surface area (Å²) in [5.74, 6) is 0.000592. The summed E-state index contributed by atoms with van der Waals surface area (Å²) in [5.41, 5.74) is 1.53. The fourth-order valence-electron chi connectivity index (χ4n) is 13.7. The van der Waals surface area contributed by atoms with Crippen LogP contribution in [0.15, 0.2) is 35.4 Å². The van der Waals surface area contributed by atoms with E-state index in [4.69, 9.17) is 16.3 Å². The van der Waals surface area contributed by atoms with Gasteiger partial charge in [0.25, 0.3) is 0 Å². The number of nitrogens with one attached hydrogen (secondary N) is 1. The summed E-state index contributed by atoms with van der Waals surface area (Å²) in [5, 5.41) is 26.3. The minimum Gasteiger partial charge on any atom is -0.481 e. The minimum absolute atomic E-state index is 0.0296. The number of aliphatic hydroxyl groups is 1. The lowest BCUT2D eigenvalue weighted by molar-refractivity contribution is -0.235. The van der Waals surface area contributed by atoms with Crippen LogP contribution in [0.3, 0.4) is 0 Å². The zero-order valence-electron chi connectivity index (χ0n) is 36.0. The van der Waals surface area contributed by atoms with E-state index in [0.717, 1.165) is 75.6 Å². The third-order valence-electron chi connectivity index (χ3n) is 16.9. The Kier molecular flexibility index (Phi) is 11.9. The Balaban J connectivity index is 1.28. The van der Waals surface area contributed by atoms with Gasteiger partial charge in [-0.2, -0.15) is 0 Å². The van der Waals surface area contributed by atoms with Gasteiger partial charge in [0.2, 0.25) is 0 Å². The van der Waals surface area contributed by atoms with Gasteiger partial charge in [-0.1, -0.05) is 77.8 Å². The largest absolute Gasteiger partial charge is 0.481 e. The van der Waals surface area contributed by atoms with Crippen molar-refractivity contribution in [1.29, 1.82) is 0 Å². The highest BCUT2D eigenvalue weighted by Crippen LogP contribution is 2.77. The van der Waals surface area contributed by atoms with Crippen LogP contribution in [0, 0.1) is 56.2 Å². The van der Waals surface area contributed by atoms with E-state index in [1.165, 1.54) is 5.57 Å². The zero-order chi connectivity index (χ0) is 41.2. The molecule has 1 aromatic carbocycles. The highest BCUT2D eigenvalue weighted by atomic mass is 35.5. The number of halogens is 1. The third-order valence-corrected chi connectivity index (χ3v) is 17.2. The molecule has 9 heteroatoms. The number of benzene rings is 1. The van der Waals surface area contributed by atoms with Crippen molar-refractivity contribution in [2.24, 2.45) is 56.2 Å². The SMILES string of the molecule is CNCCN(Cc1ccc(Cl)cc1)CC(O)C12CC[C@]3(C)[C@H](CC[C@@H]4[C@@]5(C)CC[C@H](OC(=O)CC(C)(C)C(=O)O)C(C)(C)[C@@H]5CC[C@]43C)C1=C(C(C)C)C(=O)C2. The summed E-state index contributed by atoms with van der Waals surface area (Å²) in [6.45, 7) is 22.5. The first-order valence-corrected chi connectivity index (χ1v) is 22.0. The third kappa shape index (κ3) is 7.12. The van der Waals surface area contributed by atoms with E-state index in [9.17, 15) is 24.6 Å². The van der Waals surface area contributed by atoms with Crippen LogP contribution in [0.4, 0.5) is 0 Å². The molecule has 4 saturated carbocycles. The lowest BCUT2D eigenvalue weighted by Gasteiger charge is -2.72. The zero-order valence-corrected chi connectivity index (χ0v) is 36.8. The van der Waals surface area contributed by atoms with Crippen molar-refractivity contribution in [3.63, 3.8) is 0 Å². The number of ketones is 1. The molecule has 1 aromatic rings. The van der Waals surface area contributed by atoms with Gasteiger partial charge in [-0.15, -0.1) is 0 Å². The van der Waals surface area contributed by atoms with Crippen LogP contribution in [0.2, 0.25) is 5.02 Å². The number of hydrogen-bond acceptors (Lipinski definition) is 7. The maximum atomic E-state index is 14.3. The number of carboxylic acid groups (broad SMARTS) is 1. The van der Waals surface area contributed by atoms with Crippen LogP contribution in [0.1, 0.15) is 132 Å². The molecule has 0 bridgehead atoms. The fourth-order valence-corrected chi connectivity index (χ4v) is 13.8. The van der Waals surface area contributed by atoms with E-state index in [0.29, 0.717) is 36.4 Å². The summed E-state index contributed by atoms with van der Waals surface area (Å²) in [6, 6.07) is 7.97. The first-order chi connectivity index (χ1) is 26.1. The standard InChI is InChI=1S/C47H71ClN2O6/c1-29(2)39-33(51)25-47(36(52)28-50(24-23-49-10)27-30-11-13-31(48)14-12-30)22-21-45(8)32(40(39)47)15-16-35-44(7)19-18-37(56-38(53)26-42(3,4)41(54)55)43(5,6)34(44)17-20-46(35,45)9/h11-14,29,32,34-37,49,52H,15-28H2,1-10H3,(H,54,55)/t32-,34+,35-,36?,37+,44+,45-,46-,47?/m1/s1. The molecule has 0 spiro atoms. The molecule has 0 radical (unpaired) electrons. The van der Waals surface area contributed by atoms with Gasteiger partial charge in [-0.3, -0.25) is 19.3 Å². The summed E-state index contributed by atoms with van der Waals surface area (Å²) in [4.78, 5) is 41.5. The summed E-state index contributed by atoms with van der Waals surface area (Å²) in [6.07, 6.45) is 7.13. The van der Waals surface area contributed by atoms with Gasteiger partial charge < -0.3 is 20.3 Å². The van der Waals surface area contributed by atoms with Gasteiger partial charge in [0, 0.05) is 48.5 Å². The molecule has 2 unspecified atom stereocenters. The fraction of sp³-hybridized carbons (Fsp3) is 0.766. The number of allylic oxidation sites excluding steroid dienone is 1. The lowest BCUT2D eigenvalue weighted by atomic mass is 9.33. The van der Waals surface area contributed by atoms with Crippen molar-refractivity contribution in [3.8, 4) is 0 Å². The molecule has 312 valence electrons. The molecule has 0 heterocycles. The van der Waals surface area contributed by atoms with Crippen molar-refractivity contribution < 1.29 is 29.3 Å². The van der Waals surface area contributed by atoms with Crippen LogP contribution in [0.5, 0.6) is 0 Å². The number of carbonyl (C=O) groups excluding carboxylic acids is 2.